The predicted molar refractivity (Wildman–Crippen MR) is 120 cm³/mol. The van der Waals surface area contributed by atoms with Gasteiger partial charge in [0.25, 0.3) is 0 Å². The highest BCUT2D eigenvalue weighted by Gasteiger charge is 2.39. The molecule has 0 bridgehead atoms. The topological polar surface area (TPSA) is 23.6 Å². The van der Waals surface area contributed by atoms with Gasteiger partial charge in [0.15, 0.2) is 0 Å². The van der Waals surface area contributed by atoms with Crippen molar-refractivity contribution < 1.29 is 4.79 Å². The van der Waals surface area contributed by atoms with E-state index in [4.69, 9.17) is 0 Å². The molecule has 1 amide bonds. The first-order valence-corrected chi connectivity index (χ1v) is 10.9. The van der Waals surface area contributed by atoms with Crippen molar-refractivity contribution in [3.8, 4) is 0 Å². The van der Waals surface area contributed by atoms with Crippen molar-refractivity contribution in [1.29, 1.82) is 0 Å². The largest absolute Gasteiger partial charge is 0.311 e. The highest BCUT2D eigenvalue weighted by molar-refractivity contribution is 5.99. The second-order valence-corrected chi connectivity index (χ2v) is 7.02. The maximum Gasteiger partial charge on any atom is 0.244 e. The molecule has 0 radical (unpaired) electrons. The monoisotopic (exact) mass is 380 g/mol. The number of amides is 1. The molecule has 0 aliphatic carbocycles. The van der Waals surface area contributed by atoms with Crippen molar-refractivity contribution in [2.24, 2.45) is 0 Å². The highest BCUT2D eigenvalue weighted by Crippen LogP contribution is 2.32. The van der Waals surface area contributed by atoms with E-state index in [1.807, 2.05) is 32.6 Å². The molecule has 152 valence electrons. The van der Waals surface area contributed by atoms with Crippen LogP contribution in [0.3, 0.4) is 0 Å². The van der Waals surface area contributed by atoms with E-state index in [0.717, 1.165) is 38.2 Å². The van der Waals surface area contributed by atoms with Crippen molar-refractivity contribution in [2.75, 3.05) is 24.5 Å². The number of carbonyl (C=O) groups is 1. The lowest BCUT2D eigenvalue weighted by atomic mass is 9.99. The van der Waals surface area contributed by atoms with Crippen molar-refractivity contribution in [3.63, 3.8) is 0 Å². The van der Waals surface area contributed by atoms with Crippen LogP contribution in [0.25, 0.3) is 0 Å². The first-order chi connectivity index (χ1) is 13.7. The summed E-state index contributed by atoms with van der Waals surface area (Å²) in [5, 5.41) is 0. The SMILES string of the molecule is CC.CC.Cc1ccc(N2CCC(N3CCC(c4ccccc4)C3)C2=O)cc1. The number of likely N-dealkylation sites (tertiary alicyclic amines) is 1. The van der Waals surface area contributed by atoms with Crippen LogP contribution in [-0.4, -0.2) is 36.5 Å². The molecule has 3 nitrogen and oxygen atoms in total. The Morgan fingerprint density at radius 1 is 0.821 bits per heavy atom. The molecule has 2 heterocycles. The van der Waals surface area contributed by atoms with Crippen LogP contribution in [0.5, 0.6) is 0 Å². The molecule has 28 heavy (non-hydrogen) atoms. The van der Waals surface area contributed by atoms with Crippen molar-refractivity contribution in [2.45, 2.75) is 59.4 Å². The smallest absolute Gasteiger partial charge is 0.244 e. The number of hydrogen-bond acceptors (Lipinski definition) is 2. The molecule has 2 unspecified atom stereocenters. The summed E-state index contributed by atoms with van der Waals surface area (Å²) in [5.74, 6) is 0.833. The molecule has 2 fully saturated rings. The van der Waals surface area contributed by atoms with Gasteiger partial charge >= 0.3 is 0 Å². The Kier molecular flexibility index (Phi) is 8.72. The van der Waals surface area contributed by atoms with Crippen molar-refractivity contribution in [1.82, 2.24) is 4.90 Å². The standard InChI is InChI=1S/C21H24N2O.2C2H6/c1-16-7-9-19(10-8-16)23-14-12-20(21(23)24)22-13-11-18(15-22)17-5-3-2-4-6-17;2*1-2/h2-10,18,20H,11-15H2,1H3;2*1-2H3. The number of benzene rings is 2. The van der Waals surface area contributed by atoms with E-state index in [0.29, 0.717) is 5.92 Å². The summed E-state index contributed by atoms with van der Waals surface area (Å²) in [6.45, 7) is 12.9. The molecule has 2 aromatic carbocycles. The summed E-state index contributed by atoms with van der Waals surface area (Å²) in [6, 6.07) is 19.0. The van der Waals surface area contributed by atoms with Crippen LogP contribution in [0.15, 0.2) is 54.6 Å². The van der Waals surface area contributed by atoms with E-state index < -0.39 is 0 Å². The van der Waals surface area contributed by atoms with Crippen molar-refractivity contribution in [3.05, 3.63) is 65.7 Å². The maximum absolute atomic E-state index is 12.9. The molecule has 3 heteroatoms. The lowest BCUT2D eigenvalue weighted by Gasteiger charge is -2.23. The second-order valence-electron chi connectivity index (χ2n) is 7.02. The van der Waals surface area contributed by atoms with Crippen molar-refractivity contribution >= 4 is 11.6 Å². The number of nitrogens with zero attached hydrogens (tertiary/aromatic N) is 2. The van der Waals surface area contributed by atoms with Gasteiger partial charge in [-0.1, -0.05) is 75.7 Å². The van der Waals surface area contributed by atoms with E-state index in [-0.39, 0.29) is 11.9 Å². The normalized spacial score (nSPS) is 21.6. The third-order valence-electron chi connectivity index (χ3n) is 5.45. The average molecular weight is 381 g/mol. The molecule has 0 saturated carbocycles. The molecular weight excluding hydrogens is 344 g/mol. The summed E-state index contributed by atoms with van der Waals surface area (Å²) >= 11 is 0. The lowest BCUT2D eigenvalue weighted by molar-refractivity contribution is -0.121. The molecule has 2 saturated heterocycles. The molecule has 2 aliphatic heterocycles. The Hall–Kier alpha value is -2.13. The number of aryl methyl sites for hydroxylation is 1. The summed E-state index contributed by atoms with van der Waals surface area (Å²) in [6.07, 6.45) is 2.09. The van der Waals surface area contributed by atoms with Crippen LogP contribution >= 0.6 is 0 Å². The van der Waals surface area contributed by atoms with Gasteiger partial charge in [0.1, 0.15) is 0 Å². The Balaban J connectivity index is 0.000000660. The molecule has 2 aliphatic rings. The third-order valence-corrected chi connectivity index (χ3v) is 5.45. The molecule has 4 rings (SSSR count). The fourth-order valence-electron chi connectivity index (χ4n) is 4.05. The van der Waals surface area contributed by atoms with Gasteiger partial charge in [-0.05, 0) is 49.9 Å². The van der Waals surface area contributed by atoms with Crippen LogP contribution in [-0.2, 0) is 4.79 Å². The molecule has 0 N–H and O–H groups in total. The Morgan fingerprint density at radius 2 is 1.46 bits per heavy atom. The molecule has 0 spiro atoms. The molecule has 2 aromatic rings. The zero-order valence-electron chi connectivity index (χ0n) is 18.2. The number of hydrogen-bond donors (Lipinski definition) is 0. The Labute approximate surface area is 171 Å². The van der Waals surface area contributed by atoms with Gasteiger partial charge in [-0.25, -0.2) is 0 Å². The number of carbonyl (C=O) groups excluding carboxylic acids is 1. The molecule has 2 atom stereocenters. The quantitative estimate of drug-likeness (QED) is 0.688. The van der Waals surface area contributed by atoms with Crippen LogP contribution in [0, 0.1) is 6.92 Å². The minimum atomic E-state index is 0.0556. The van der Waals surface area contributed by atoms with Gasteiger partial charge in [0.05, 0.1) is 6.04 Å². The van der Waals surface area contributed by atoms with E-state index in [9.17, 15) is 4.79 Å². The first-order valence-electron chi connectivity index (χ1n) is 10.9. The first kappa shape index (κ1) is 22.2. The van der Waals surface area contributed by atoms with Gasteiger partial charge in [0, 0.05) is 18.8 Å². The number of rotatable bonds is 3. The van der Waals surface area contributed by atoms with Gasteiger partial charge in [-0.3, -0.25) is 9.69 Å². The predicted octanol–water partition coefficient (Wildman–Crippen LogP) is 5.64. The minimum absolute atomic E-state index is 0.0556. The van der Waals surface area contributed by atoms with Crippen LogP contribution in [0.1, 0.15) is 57.6 Å². The van der Waals surface area contributed by atoms with Gasteiger partial charge in [-0.2, -0.15) is 0 Å². The second kappa shape index (κ2) is 11.0. The Bertz CT molecular complexity index is 711. The van der Waals surface area contributed by atoms with E-state index >= 15 is 0 Å². The minimum Gasteiger partial charge on any atom is -0.311 e. The zero-order valence-corrected chi connectivity index (χ0v) is 18.2. The third kappa shape index (κ3) is 5.02. The van der Waals surface area contributed by atoms with Gasteiger partial charge in [-0.15, -0.1) is 0 Å². The molecular formula is C25H36N2O. The van der Waals surface area contributed by atoms with Crippen LogP contribution in [0.4, 0.5) is 5.69 Å². The van der Waals surface area contributed by atoms with Gasteiger partial charge in [0.2, 0.25) is 5.91 Å². The zero-order chi connectivity index (χ0) is 20.5. The maximum atomic E-state index is 12.9. The highest BCUT2D eigenvalue weighted by atomic mass is 16.2. The summed E-state index contributed by atoms with van der Waals surface area (Å²) in [5.41, 5.74) is 3.67. The van der Waals surface area contributed by atoms with E-state index in [1.54, 1.807) is 0 Å². The number of anilines is 1. The van der Waals surface area contributed by atoms with Gasteiger partial charge < -0.3 is 4.90 Å². The molecule has 0 aromatic heterocycles. The Morgan fingerprint density at radius 3 is 2.11 bits per heavy atom. The fraction of sp³-hybridized carbons (Fsp3) is 0.480. The summed E-state index contributed by atoms with van der Waals surface area (Å²) < 4.78 is 0. The fourth-order valence-corrected chi connectivity index (χ4v) is 4.05. The van der Waals surface area contributed by atoms with Crippen LogP contribution < -0.4 is 4.90 Å². The van der Waals surface area contributed by atoms with E-state index in [2.05, 4.69) is 66.4 Å². The van der Waals surface area contributed by atoms with Crippen LogP contribution in [0.2, 0.25) is 0 Å². The summed E-state index contributed by atoms with van der Waals surface area (Å²) in [7, 11) is 0. The lowest BCUT2D eigenvalue weighted by Crippen LogP contribution is -2.40. The summed E-state index contributed by atoms with van der Waals surface area (Å²) in [4.78, 5) is 17.3. The van der Waals surface area contributed by atoms with E-state index in [1.165, 1.54) is 11.1 Å². The average Bonchev–Trinajstić information content (AvgIpc) is 3.39.